The molecular weight excluding hydrogens is 328 g/mol. The highest BCUT2D eigenvalue weighted by Crippen LogP contribution is 2.34. The average molecular weight is 345 g/mol. The van der Waals surface area contributed by atoms with Crippen LogP contribution < -0.4 is 0 Å². The maximum Gasteiger partial charge on any atom is 0.159 e. The van der Waals surface area contributed by atoms with Crippen molar-refractivity contribution in [3.63, 3.8) is 0 Å². The van der Waals surface area contributed by atoms with Gasteiger partial charge in [-0.25, -0.2) is 13.8 Å². The Morgan fingerprint density at radius 3 is 2.42 bits per heavy atom. The van der Waals surface area contributed by atoms with Gasteiger partial charge in [0.05, 0.1) is 5.69 Å². The molecule has 0 saturated carbocycles. The van der Waals surface area contributed by atoms with E-state index in [1.54, 1.807) is 0 Å². The molecule has 1 N–H and O–H groups in total. The number of halogens is 2. The fourth-order valence-electron chi connectivity index (χ4n) is 2.45. The van der Waals surface area contributed by atoms with Gasteiger partial charge in [0.25, 0.3) is 0 Å². The zero-order chi connectivity index (χ0) is 17.5. The lowest BCUT2D eigenvalue weighted by Crippen LogP contribution is -2.23. The standard InChI is InChI=1S/C19H17F2NOS/c1-11-4-5-13(8-12(11)2)17-10-24-18(22-17)19(3,23)14-6-7-15(20)16(21)9-14/h4-10,23H,1-3H3. The number of aliphatic hydroxyl groups is 1. The van der Waals surface area contributed by atoms with Crippen molar-refractivity contribution >= 4 is 11.3 Å². The summed E-state index contributed by atoms with van der Waals surface area (Å²) in [7, 11) is 0. The van der Waals surface area contributed by atoms with Gasteiger partial charge in [-0.05, 0) is 55.7 Å². The van der Waals surface area contributed by atoms with E-state index in [4.69, 9.17) is 0 Å². The summed E-state index contributed by atoms with van der Waals surface area (Å²) < 4.78 is 26.6. The third-order valence-electron chi connectivity index (χ3n) is 4.21. The molecule has 3 rings (SSSR count). The molecule has 0 aliphatic rings. The maximum atomic E-state index is 13.5. The van der Waals surface area contributed by atoms with Gasteiger partial charge in [0.1, 0.15) is 10.6 Å². The Balaban J connectivity index is 1.99. The number of aryl methyl sites for hydroxylation is 2. The van der Waals surface area contributed by atoms with Crippen molar-refractivity contribution in [2.24, 2.45) is 0 Å². The minimum absolute atomic E-state index is 0.266. The zero-order valence-corrected chi connectivity index (χ0v) is 14.4. The molecule has 1 aromatic heterocycles. The number of hydrogen-bond acceptors (Lipinski definition) is 3. The van der Waals surface area contributed by atoms with Crippen molar-refractivity contribution in [3.8, 4) is 11.3 Å². The van der Waals surface area contributed by atoms with Crippen LogP contribution in [0.25, 0.3) is 11.3 Å². The van der Waals surface area contributed by atoms with E-state index >= 15 is 0 Å². The molecule has 124 valence electrons. The minimum Gasteiger partial charge on any atom is -0.378 e. The van der Waals surface area contributed by atoms with Gasteiger partial charge in [-0.1, -0.05) is 18.2 Å². The van der Waals surface area contributed by atoms with Crippen molar-refractivity contribution in [1.29, 1.82) is 0 Å². The lowest BCUT2D eigenvalue weighted by atomic mass is 9.96. The highest BCUT2D eigenvalue weighted by atomic mass is 32.1. The summed E-state index contributed by atoms with van der Waals surface area (Å²) in [6.07, 6.45) is 0. The van der Waals surface area contributed by atoms with Gasteiger partial charge in [-0.15, -0.1) is 11.3 Å². The van der Waals surface area contributed by atoms with E-state index in [2.05, 4.69) is 4.98 Å². The predicted octanol–water partition coefficient (Wildman–Crippen LogP) is 4.96. The Bertz CT molecular complexity index is 902. The van der Waals surface area contributed by atoms with Crippen molar-refractivity contribution in [2.45, 2.75) is 26.4 Å². The van der Waals surface area contributed by atoms with E-state index in [0.29, 0.717) is 5.01 Å². The lowest BCUT2D eigenvalue weighted by Gasteiger charge is -2.21. The van der Waals surface area contributed by atoms with Crippen LogP contribution in [0.2, 0.25) is 0 Å². The molecule has 0 amide bonds. The normalized spacial score (nSPS) is 13.8. The molecule has 1 unspecified atom stereocenters. The number of hydrogen-bond donors (Lipinski definition) is 1. The molecule has 0 aliphatic carbocycles. The van der Waals surface area contributed by atoms with Crippen LogP contribution in [-0.4, -0.2) is 10.1 Å². The molecular formula is C19H17F2NOS. The first-order chi connectivity index (χ1) is 11.3. The summed E-state index contributed by atoms with van der Waals surface area (Å²) in [4.78, 5) is 4.50. The third kappa shape index (κ3) is 2.97. The summed E-state index contributed by atoms with van der Waals surface area (Å²) >= 11 is 1.29. The topological polar surface area (TPSA) is 33.1 Å². The van der Waals surface area contributed by atoms with E-state index in [0.717, 1.165) is 29.0 Å². The smallest absolute Gasteiger partial charge is 0.159 e. The second kappa shape index (κ2) is 6.07. The van der Waals surface area contributed by atoms with Crippen LogP contribution in [0.3, 0.4) is 0 Å². The molecule has 1 atom stereocenters. The summed E-state index contributed by atoms with van der Waals surface area (Å²) in [5, 5.41) is 13.1. The van der Waals surface area contributed by atoms with Gasteiger partial charge in [-0.3, -0.25) is 0 Å². The van der Waals surface area contributed by atoms with Crippen molar-refractivity contribution in [3.05, 3.63) is 75.1 Å². The van der Waals surface area contributed by atoms with Crippen LogP contribution in [0.1, 0.15) is 28.6 Å². The van der Waals surface area contributed by atoms with Crippen molar-refractivity contribution in [1.82, 2.24) is 4.98 Å². The molecule has 0 aliphatic heterocycles. The monoisotopic (exact) mass is 345 g/mol. The summed E-state index contributed by atoms with van der Waals surface area (Å²) in [6, 6.07) is 9.43. The number of aromatic nitrogens is 1. The van der Waals surface area contributed by atoms with E-state index in [1.807, 2.05) is 37.4 Å². The first-order valence-corrected chi connectivity index (χ1v) is 8.38. The van der Waals surface area contributed by atoms with Gasteiger partial charge < -0.3 is 5.11 Å². The Morgan fingerprint density at radius 2 is 1.75 bits per heavy atom. The second-order valence-electron chi connectivity index (χ2n) is 6.04. The fourth-order valence-corrected chi connectivity index (χ4v) is 3.36. The zero-order valence-electron chi connectivity index (χ0n) is 13.6. The molecule has 3 aromatic rings. The molecule has 0 saturated heterocycles. The van der Waals surface area contributed by atoms with Crippen LogP contribution >= 0.6 is 11.3 Å². The summed E-state index contributed by atoms with van der Waals surface area (Å²) in [5.41, 5.74) is 2.85. The van der Waals surface area contributed by atoms with Crippen molar-refractivity contribution in [2.75, 3.05) is 0 Å². The largest absolute Gasteiger partial charge is 0.378 e. The van der Waals surface area contributed by atoms with Crippen molar-refractivity contribution < 1.29 is 13.9 Å². The highest BCUT2D eigenvalue weighted by molar-refractivity contribution is 7.10. The quantitative estimate of drug-likeness (QED) is 0.728. The second-order valence-corrected chi connectivity index (χ2v) is 6.90. The Morgan fingerprint density at radius 1 is 1.00 bits per heavy atom. The predicted molar refractivity (Wildman–Crippen MR) is 92.1 cm³/mol. The van der Waals surface area contributed by atoms with Gasteiger partial charge in [0.15, 0.2) is 11.6 Å². The molecule has 5 heteroatoms. The molecule has 2 nitrogen and oxygen atoms in total. The first kappa shape index (κ1) is 16.7. The van der Waals surface area contributed by atoms with Crippen LogP contribution in [0.5, 0.6) is 0 Å². The van der Waals surface area contributed by atoms with Gasteiger partial charge in [0.2, 0.25) is 0 Å². The molecule has 1 heterocycles. The fraction of sp³-hybridized carbons (Fsp3) is 0.211. The molecule has 0 spiro atoms. The maximum absolute atomic E-state index is 13.5. The van der Waals surface area contributed by atoms with Gasteiger partial charge in [-0.2, -0.15) is 0 Å². The summed E-state index contributed by atoms with van der Waals surface area (Å²) in [5.74, 6) is -1.93. The first-order valence-electron chi connectivity index (χ1n) is 7.50. The summed E-state index contributed by atoms with van der Waals surface area (Å²) in [6.45, 7) is 5.60. The minimum atomic E-state index is -1.49. The Labute approximate surface area is 143 Å². The van der Waals surface area contributed by atoms with Gasteiger partial charge in [0, 0.05) is 10.9 Å². The third-order valence-corrected chi connectivity index (χ3v) is 5.26. The molecule has 0 fully saturated rings. The molecule has 24 heavy (non-hydrogen) atoms. The highest BCUT2D eigenvalue weighted by Gasteiger charge is 2.30. The van der Waals surface area contributed by atoms with Gasteiger partial charge >= 0.3 is 0 Å². The Hall–Kier alpha value is -2.11. The van der Waals surface area contributed by atoms with E-state index in [9.17, 15) is 13.9 Å². The molecule has 2 aromatic carbocycles. The number of thiazole rings is 1. The van der Waals surface area contributed by atoms with Crippen LogP contribution in [0, 0.1) is 25.5 Å². The SMILES string of the molecule is Cc1ccc(-c2csc(C(C)(O)c3ccc(F)c(F)c3)n2)cc1C. The molecule has 0 radical (unpaired) electrons. The van der Waals surface area contributed by atoms with E-state index < -0.39 is 17.2 Å². The lowest BCUT2D eigenvalue weighted by molar-refractivity contribution is 0.101. The van der Waals surface area contributed by atoms with E-state index in [-0.39, 0.29) is 5.56 Å². The van der Waals surface area contributed by atoms with Crippen LogP contribution in [0.15, 0.2) is 41.8 Å². The number of nitrogens with zero attached hydrogens (tertiary/aromatic N) is 1. The van der Waals surface area contributed by atoms with E-state index in [1.165, 1.54) is 29.9 Å². The van der Waals surface area contributed by atoms with Crippen LogP contribution in [0.4, 0.5) is 8.78 Å². The molecule has 0 bridgehead atoms. The van der Waals surface area contributed by atoms with Crippen LogP contribution in [-0.2, 0) is 5.60 Å². The number of rotatable bonds is 3. The number of benzene rings is 2. The average Bonchev–Trinajstić information content (AvgIpc) is 3.03. The Kier molecular flexibility index (Phi) is 4.24.